The molecule has 0 unspecified atom stereocenters. The molecule has 0 bridgehead atoms. The molecule has 0 aliphatic carbocycles. The average Bonchev–Trinajstić information content (AvgIpc) is 2.46. The van der Waals surface area contributed by atoms with E-state index in [1.807, 2.05) is 0 Å². The van der Waals surface area contributed by atoms with Crippen LogP contribution in [0.1, 0.15) is 0 Å². The van der Waals surface area contributed by atoms with Crippen LogP contribution in [0, 0.1) is 0 Å². The van der Waals surface area contributed by atoms with Crippen molar-refractivity contribution in [3.05, 3.63) is 0 Å². The van der Waals surface area contributed by atoms with E-state index in [0.29, 0.717) is 0 Å². The van der Waals surface area contributed by atoms with Gasteiger partial charge in [-0.1, -0.05) is 0 Å². The topological polar surface area (TPSA) is 196 Å². The largest absolute Gasteiger partial charge is 2.00 e. The van der Waals surface area contributed by atoms with Gasteiger partial charge in [0.25, 0.3) is 0 Å². The Hall–Kier alpha value is -1.97. The molecule has 0 aliphatic rings. The van der Waals surface area contributed by atoms with Crippen LogP contribution in [-0.2, 0) is 24.0 Å². The van der Waals surface area contributed by atoms with Gasteiger partial charge in [0.2, 0.25) is 0 Å². The number of hydrogen-bond acceptors (Lipinski definition) is 8. The Labute approximate surface area is 177 Å². The molecule has 0 aromatic carbocycles. The number of rotatable bonds is 16. The molecule has 0 spiro atoms. The van der Waals surface area contributed by atoms with Crippen molar-refractivity contribution in [1.29, 1.82) is 0 Å². The molecule has 2 radical (unpaired) electrons. The van der Waals surface area contributed by atoms with Crippen LogP contribution in [0.4, 0.5) is 0 Å². The predicted molar refractivity (Wildman–Crippen MR) is 93.3 cm³/mol. The normalized spacial score (nSPS) is 10.7. The summed E-state index contributed by atoms with van der Waals surface area (Å²) in [5.41, 5.74) is 0. The molecule has 0 rings (SSSR count). The SMILES string of the molecule is O=C(O)CN(CCN(CC(=O)O)CC(=O)O)CCN(CC(=O)O)CC(=O)O.[117Sn+2]. The van der Waals surface area contributed by atoms with Crippen LogP contribution in [0.15, 0.2) is 0 Å². The minimum absolute atomic E-state index is 0. The summed E-state index contributed by atoms with van der Waals surface area (Å²) >= 11 is 0. The number of nitrogens with zero attached hydrogens (tertiary/aromatic N) is 3. The van der Waals surface area contributed by atoms with E-state index in [-0.39, 0.29) is 50.1 Å². The Morgan fingerprint density at radius 1 is 0.429 bits per heavy atom. The zero-order valence-electron chi connectivity index (χ0n) is 15.0. The maximum atomic E-state index is 11.0. The molecule has 0 saturated carbocycles. The van der Waals surface area contributed by atoms with E-state index in [9.17, 15) is 24.0 Å². The van der Waals surface area contributed by atoms with Gasteiger partial charge in [-0.25, -0.2) is 0 Å². The summed E-state index contributed by atoms with van der Waals surface area (Å²) < 4.78 is 0. The molecule has 0 fully saturated rings. The van der Waals surface area contributed by atoms with Gasteiger partial charge in [-0.2, -0.15) is 0 Å². The minimum Gasteiger partial charge on any atom is -0.480 e. The van der Waals surface area contributed by atoms with E-state index >= 15 is 0 Å². The second-order valence-corrected chi connectivity index (χ2v) is 5.67. The Morgan fingerprint density at radius 3 is 0.821 bits per heavy atom. The molecular weight excluding hydrogens is 487 g/mol. The van der Waals surface area contributed by atoms with Crippen LogP contribution in [0.25, 0.3) is 0 Å². The van der Waals surface area contributed by atoms with E-state index in [0.717, 1.165) is 9.80 Å². The first-order valence-corrected chi connectivity index (χ1v) is 7.75. The van der Waals surface area contributed by atoms with Gasteiger partial charge in [-0.15, -0.1) is 0 Å². The second kappa shape index (κ2) is 15.0. The number of aliphatic carboxylic acids is 5. The second-order valence-electron chi connectivity index (χ2n) is 5.67. The van der Waals surface area contributed by atoms with Gasteiger partial charge >= 0.3 is 53.8 Å². The van der Waals surface area contributed by atoms with Crippen molar-refractivity contribution in [3.63, 3.8) is 0 Å². The van der Waals surface area contributed by atoms with Crippen molar-refractivity contribution in [2.45, 2.75) is 0 Å². The third-order valence-electron chi connectivity index (χ3n) is 3.26. The Morgan fingerprint density at radius 2 is 0.607 bits per heavy atom. The molecule has 156 valence electrons. The molecule has 0 heterocycles. The standard InChI is InChI=1S/C14H23N3O10.Sn/c18-10(19)5-15(1-3-16(6-11(20)21)7-12(22)23)2-4-17(8-13(24)25)9-14(26)27;/h1-9H2,(H,18,19)(H,20,21)(H,22,23)(H,24,25)(H,26,27);/q;+2/i;1-2. The van der Waals surface area contributed by atoms with Gasteiger partial charge in [0, 0.05) is 26.2 Å². The Bertz CT molecular complexity index is 487. The van der Waals surface area contributed by atoms with Crippen LogP contribution in [0.3, 0.4) is 0 Å². The summed E-state index contributed by atoms with van der Waals surface area (Å²) in [5.74, 6) is -6.16. The molecule has 14 heteroatoms. The van der Waals surface area contributed by atoms with Crippen LogP contribution in [0.2, 0.25) is 0 Å². The molecular formula is C14H23N3O10Sn+2. The van der Waals surface area contributed by atoms with Crippen molar-refractivity contribution in [3.8, 4) is 0 Å². The third-order valence-corrected chi connectivity index (χ3v) is 3.26. The fourth-order valence-electron chi connectivity index (χ4n) is 2.22. The van der Waals surface area contributed by atoms with Crippen LogP contribution < -0.4 is 0 Å². The molecule has 0 aromatic heterocycles. The van der Waals surface area contributed by atoms with Crippen LogP contribution in [0.5, 0.6) is 0 Å². The summed E-state index contributed by atoms with van der Waals surface area (Å²) in [4.78, 5) is 57.6. The molecule has 0 aromatic rings. The van der Waals surface area contributed by atoms with Crippen molar-refractivity contribution >= 4 is 53.8 Å². The molecule has 13 nitrogen and oxygen atoms in total. The zero-order chi connectivity index (χ0) is 21.0. The number of carbonyl (C=O) groups is 5. The quantitative estimate of drug-likeness (QED) is 0.131. The zero-order valence-corrected chi connectivity index (χ0v) is 17.8. The molecule has 0 aliphatic heterocycles. The van der Waals surface area contributed by atoms with Crippen molar-refractivity contribution < 1.29 is 49.5 Å². The summed E-state index contributed by atoms with van der Waals surface area (Å²) in [6.07, 6.45) is 0. The fraction of sp³-hybridized carbons (Fsp3) is 0.643. The average molecular weight is 510 g/mol. The van der Waals surface area contributed by atoms with E-state index < -0.39 is 62.6 Å². The van der Waals surface area contributed by atoms with E-state index in [4.69, 9.17) is 25.5 Å². The predicted octanol–water partition coefficient (Wildman–Crippen LogP) is -3.07. The van der Waals surface area contributed by atoms with Crippen LogP contribution in [-0.4, -0.2) is 153 Å². The van der Waals surface area contributed by atoms with Gasteiger partial charge in [-0.05, 0) is 0 Å². The summed E-state index contributed by atoms with van der Waals surface area (Å²) in [6.45, 7) is -2.74. The van der Waals surface area contributed by atoms with Crippen molar-refractivity contribution in [1.82, 2.24) is 14.7 Å². The molecule has 28 heavy (non-hydrogen) atoms. The maximum absolute atomic E-state index is 11.0. The van der Waals surface area contributed by atoms with Crippen molar-refractivity contribution in [2.75, 3.05) is 58.9 Å². The number of carboxylic acids is 5. The van der Waals surface area contributed by atoms with Gasteiger partial charge < -0.3 is 25.5 Å². The summed E-state index contributed by atoms with van der Waals surface area (Å²) in [6, 6.07) is 0. The maximum Gasteiger partial charge on any atom is 2.00 e. The summed E-state index contributed by atoms with van der Waals surface area (Å²) in [7, 11) is 0. The van der Waals surface area contributed by atoms with Gasteiger partial charge in [0.05, 0.1) is 32.7 Å². The first-order chi connectivity index (χ1) is 12.5. The Balaban J connectivity index is 0. The molecule has 0 saturated heterocycles. The molecule has 5 N–H and O–H groups in total. The van der Waals surface area contributed by atoms with Crippen molar-refractivity contribution in [2.24, 2.45) is 0 Å². The monoisotopic (exact) mass is 510 g/mol. The number of hydrogen-bond donors (Lipinski definition) is 5. The third kappa shape index (κ3) is 16.2. The minimum atomic E-state index is -1.24. The van der Waals surface area contributed by atoms with Gasteiger partial charge in [0.1, 0.15) is 0 Å². The molecule has 0 atom stereocenters. The first kappa shape index (κ1) is 28.2. The Kier molecular flexibility index (Phi) is 15.1. The first-order valence-electron chi connectivity index (χ1n) is 7.75. The molecule has 0 amide bonds. The van der Waals surface area contributed by atoms with E-state index in [1.165, 1.54) is 4.90 Å². The van der Waals surface area contributed by atoms with Crippen LogP contribution >= 0.6 is 0 Å². The van der Waals surface area contributed by atoms with E-state index in [1.54, 1.807) is 0 Å². The fourth-order valence-corrected chi connectivity index (χ4v) is 2.22. The summed E-state index contributed by atoms with van der Waals surface area (Å²) in [5, 5.41) is 44.1. The van der Waals surface area contributed by atoms with E-state index in [2.05, 4.69) is 0 Å². The van der Waals surface area contributed by atoms with Gasteiger partial charge in [0.15, 0.2) is 0 Å². The van der Waals surface area contributed by atoms with Gasteiger partial charge in [-0.3, -0.25) is 38.7 Å². The number of carboxylic acid groups (broad SMARTS) is 5. The smallest absolute Gasteiger partial charge is 0.480 e.